The first-order chi connectivity index (χ1) is 22.5. The first-order valence-electron chi connectivity index (χ1n) is 15.6. The lowest BCUT2D eigenvalue weighted by Crippen LogP contribution is -2.49. The molecule has 0 spiro atoms. The molecule has 1 aromatic carbocycles. The monoisotopic (exact) mass is 647 g/mol. The summed E-state index contributed by atoms with van der Waals surface area (Å²) in [4.78, 5) is 56.4. The zero-order chi connectivity index (χ0) is 33.7. The summed E-state index contributed by atoms with van der Waals surface area (Å²) in [5.74, 6) is -3.60. The maximum atomic E-state index is 13.8. The second kappa shape index (κ2) is 14.3. The molecule has 0 saturated carbocycles. The Morgan fingerprint density at radius 2 is 1.83 bits per heavy atom. The minimum absolute atomic E-state index is 0.00323. The Labute approximate surface area is 272 Å². The SMILES string of the molecule is CN(C)c1ccc(C(=O)N2CCN(CCCN(C)c3ccc4nccc(C(=O)NCC(=O)N5CC(F)(F)C[C@H]5C#N)c4c3)CC2)cn1. The van der Waals surface area contributed by atoms with Gasteiger partial charge in [-0.2, -0.15) is 5.26 Å². The number of hydrogen-bond donors (Lipinski definition) is 1. The number of halogens is 2. The van der Waals surface area contributed by atoms with Gasteiger partial charge < -0.3 is 24.9 Å². The highest BCUT2D eigenvalue weighted by Gasteiger charge is 2.47. The number of nitrogens with zero attached hydrogens (tertiary/aromatic N) is 8. The number of anilines is 2. The largest absolute Gasteiger partial charge is 0.375 e. The van der Waals surface area contributed by atoms with E-state index >= 15 is 0 Å². The van der Waals surface area contributed by atoms with Gasteiger partial charge in [-0.15, -0.1) is 0 Å². The summed E-state index contributed by atoms with van der Waals surface area (Å²) in [6.45, 7) is 3.18. The molecule has 0 aliphatic carbocycles. The molecule has 4 heterocycles. The molecule has 3 amide bonds. The lowest BCUT2D eigenvalue weighted by Gasteiger charge is -2.35. The Balaban J connectivity index is 1.12. The molecule has 1 atom stereocenters. The van der Waals surface area contributed by atoms with Crippen molar-refractivity contribution < 1.29 is 23.2 Å². The molecule has 2 saturated heterocycles. The van der Waals surface area contributed by atoms with Gasteiger partial charge in [-0.25, -0.2) is 13.8 Å². The summed E-state index contributed by atoms with van der Waals surface area (Å²) in [6, 6.07) is 11.4. The van der Waals surface area contributed by atoms with Gasteiger partial charge in [-0.3, -0.25) is 24.3 Å². The Hall–Kier alpha value is -4.90. The highest BCUT2D eigenvalue weighted by atomic mass is 19.3. The van der Waals surface area contributed by atoms with Gasteiger partial charge in [-0.05, 0) is 49.4 Å². The van der Waals surface area contributed by atoms with Gasteiger partial charge in [0, 0.05) is 83.8 Å². The van der Waals surface area contributed by atoms with Crippen LogP contribution in [0.15, 0.2) is 48.8 Å². The Morgan fingerprint density at radius 3 is 2.51 bits per heavy atom. The molecule has 0 radical (unpaired) electrons. The molecule has 3 aromatic rings. The molecule has 5 rings (SSSR count). The van der Waals surface area contributed by atoms with Crippen LogP contribution < -0.4 is 15.1 Å². The zero-order valence-electron chi connectivity index (χ0n) is 26.8. The van der Waals surface area contributed by atoms with E-state index < -0.39 is 43.3 Å². The molecule has 2 aromatic heterocycles. The van der Waals surface area contributed by atoms with Crippen molar-refractivity contribution in [3.63, 3.8) is 0 Å². The molecule has 0 bridgehead atoms. The van der Waals surface area contributed by atoms with Crippen LogP contribution in [0, 0.1) is 11.3 Å². The molecule has 47 heavy (non-hydrogen) atoms. The molecule has 2 fully saturated rings. The number of rotatable bonds is 10. The fraction of sp³-hybridized carbons (Fsp3) is 0.455. The lowest BCUT2D eigenvalue weighted by molar-refractivity contribution is -0.131. The van der Waals surface area contributed by atoms with Crippen molar-refractivity contribution in [1.29, 1.82) is 5.26 Å². The Kier molecular flexibility index (Phi) is 10.1. The van der Waals surface area contributed by atoms with Crippen molar-refractivity contribution in [2.45, 2.75) is 24.8 Å². The molecule has 2 aliphatic heterocycles. The van der Waals surface area contributed by atoms with E-state index in [9.17, 15) is 28.4 Å². The van der Waals surface area contributed by atoms with Gasteiger partial charge in [0.15, 0.2) is 0 Å². The molecule has 0 unspecified atom stereocenters. The number of benzene rings is 1. The lowest BCUT2D eigenvalue weighted by atomic mass is 10.1. The summed E-state index contributed by atoms with van der Waals surface area (Å²) in [6.07, 6.45) is 3.31. The first kappa shape index (κ1) is 33.5. The van der Waals surface area contributed by atoms with Crippen molar-refractivity contribution in [3.05, 3.63) is 59.9 Å². The van der Waals surface area contributed by atoms with E-state index in [1.807, 2.05) is 61.3 Å². The highest BCUT2D eigenvalue weighted by Crippen LogP contribution is 2.31. The number of hydrogen-bond acceptors (Lipinski definition) is 9. The fourth-order valence-corrected chi connectivity index (χ4v) is 5.91. The number of nitrogens with one attached hydrogen (secondary N) is 1. The van der Waals surface area contributed by atoms with Crippen LogP contribution in [0.1, 0.15) is 33.6 Å². The smallest absolute Gasteiger partial charge is 0.268 e. The summed E-state index contributed by atoms with van der Waals surface area (Å²) >= 11 is 0. The quantitative estimate of drug-likeness (QED) is 0.353. The number of likely N-dealkylation sites (tertiary alicyclic amines) is 1. The van der Waals surface area contributed by atoms with Crippen LogP contribution in [0.3, 0.4) is 0 Å². The van der Waals surface area contributed by atoms with E-state index in [2.05, 4.69) is 25.1 Å². The van der Waals surface area contributed by atoms with Gasteiger partial charge in [0.05, 0.1) is 35.8 Å². The molecule has 12 nitrogen and oxygen atoms in total. The molecular weight excluding hydrogens is 608 g/mol. The van der Waals surface area contributed by atoms with Crippen LogP contribution in [0.25, 0.3) is 10.9 Å². The molecule has 1 N–H and O–H groups in total. The summed E-state index contributed by atoms with van der Waals surface area (Å²) in [7, 11) is 5.79. The van der Waals surface area contributed by atoms with Crippen LogP contribution in [-0.2, 0) is 4.79 Å². The highest BCUT2D eigenvalue weighted by molar-refractivity contribution is 6.07. The third kappa shape index (κ3) is 7.91. The second-order valence-corrected chi connectivity index (χ2v) is 12.2. The Bertz CT molecular complexity index is 1650. The average Bonchev–Trinajstić information content (AvgIpc) is 3.40. The number of piperazine rings is 1. The van der Waals surface area contributed by atoms with E-state index in [1.54, 1.807) is 18.3 Å². The minimum atomic E-state index is -3.13. The number of amides is 3. The number of nitriles is 1. The zero-order valence-corrected chi connectivity index (χ0v) is 26.8. The molecular formula is C33H39F2N9O3. The normalized spacial score (nSPS) is 17.7. The van der Waals surface area contributed by atoms with Gasteiger partial charge in [0.2, 0.25) is 5.91 Å². The summed E-state index contributed by atoms with van der Waals surface area (Å²) in [5, 5.41) is 12.3. The predicted octanol–water partition coefficient (Wildman–Crippen LogP) is 2.47. The van der Waals surface area contributed by atoms with Crippen LogP contribution in [0.2, 0.25) is 0 Å². The third-order valence-electron chi connectivity index (χ3n) is 8.63. The second-order valence-electron chi connectivity index (χ2n) is 12.2. The van der Waals surface area contributed by atoms with Crippen molar-refractivity contribution >= 4 is 40.1 Å². The standard InChI is InChI=1S/C33H39F2N9O3/c1-40(2)29-8-5-23(20-38-29)32(47)43-15-13-42(14-16-43)12-4-11-41(3)24-6-7-28-27(17-24)26(9-10-37-28)31(46)39-21-30(45)44-22-33(34,35)18-25(44)19-36/h5-10,17,20,25H,4,11-16,18,21-22H2,1-3H3,(H,39,46)/t25-/m0/s1. The maximum absolute atomic E-state index is 13.8. The number of fused-ring (bicyclic) bond motifs is 1. The van der Waals surface area contributed by atoms with E-state index in [-0.39, 0.29) is 5.91 Å². The topological polar surface area (TPSA) is 129 Å². The number of alkyl halides is 2. The fourth-order valence-electron chi connectivity index (χ4n) is 5.91. The van der Waals surface area contributed by atoms with E-state index in [0.29, 0.717) is 35.1 Å². The van der Waals surface area contributed by atoms with Crippen molar-refractivity contribution in [2.75, 3.05) is 83.3 Å². The maximum Gasteiger partial charge on any atom is 0.268 e. The van der Waals surface area contributed by atoms with Gasteiger partial charge >= 0.3 is 0 Å². The third-order valence-corrected chi connectivity index (χ3v) is 8.63. The van der Waals surface area contributed by atoms with Crippen LogP contribution in [0.5, 0.6) is 0 Å². The van der Waals surface area contributed by atoms with E-state index in [4.69, 9.17) is 0 Å². The average molecular weight is 648 g/mol. The number of pyridine rings is 2. The van der Waals surface area contributed by atoms with Crippen LogP contribution in [-0.4, -0.2) is 128 Å². The Morgan fingerprint density at radius 1 is 1.06 bits per heavy atom. The predicted molar refractivity (Wildman–Crippen MR) is 174 cm³/mol. The van der Waals surface area contributed by atoms with E-state index in [0.717, 1.165) is 49.0 Å². The van der Waals surface area contributed by atoms with Gasteiger partial charge in [0.1, 0.15) is 11.9 Å². The van der Waals surface area contributed by atoms with Crippen molar-refractivity contribution in [3.8, 4) is 6.07 Å². The van der Waals surface area contributed by atoms with Gasteiger partial charge in [-0.1, -0.05) is 0 Å². The summed E-state index contributed by atoms with van der Waals surface area (Å²) in [5.41, 5.74) is 2.38. The summed E-state index contributed by atoms with van der Waals surface area (Å²) < 4.78 is 27.5. The molecule has 14 heteroatoms. The minimum Gasteiger partial charge on any atom is -0.375 e. The van der Waals surface area contributed by atoms with Gasteiger partial charge in [0.25, 0.3) is 17.7 Å². The molecule has 2 aliphatic rings. The van der Waals surface area contributed by atoms with E-state index in [1.165, 1.54) is 6.20 Å². The number of aromatic nitrogens is 2. The van der Waals surface area contributed by atoms with Crippen LogP contribution in [0.4, 0.5) is 20.3 Å². The van der Waals surface area contributed by atoms with Crippen LogP contribution >= 0.6 is 0 Å². The molecule has 248 valence electrons. The van der Waals surface area contributed by atoms with Crippen molar-refractivity contribution in [1.82, 2.24) is 30.0 Å². The first-order valence-corrected chi connectivity index (χ1v) is 15.6. The number of carbonyl (C=O) groups is 3. The van der Waals surface area contributed by atoms with Crippen molar-refractivity contribution in [2.24, 2.45) is 0 Å². The number of carbonyl (C=O) groups excluding carboxylic acids is 3.